The van der Waals surface area contributed by atoms with Crippen molar-refractivity contribution in [3.63, 3.8) is 0 Å². The number of aryl methyl sites for hydroxylation is 1. The first-order valence-corrected chi connectivity index (χ1v) is 8.79. The minimum atomic E-state index is -0.0270. The van der Waals surface area contributed by atoms with Gasteiger partial charge in [-0.15, -0.1) is 0 Å². The Morgan fingerprint density at radius 3 is 2.58 bits per heavy atom. The number of hydrogen-bond acceptors (Lipinski definition) is 5. The molecule has 1 aliphatic rings. The first kappa shape index (κ1) is 16.4. The van der Waals surface area contributed by atoms with Crippen molar-refractivity contribution < 1.29 is 9.53 Å². The highest BCUT2D eigenvalue weighted by atomic mass is 16.5. The van der Waals surface area contributed by atoms with Crippen molar-refractivity contribution in [1.29, 1.82) is 0 Å². The maximum atomic E-state index is 12.7. The van der Waals surface area contributed by atoms with Gasteiger partial charge in [-0.3, -0.25) is 4.79 Å². The summed E-state index contributed by atoms with van der Waals surface area (Å²) >= 11 is 0. The van der Waals surface area contributed by atoms with E-state index in [9.17, 15) is 4.79 Å². The van der Waals surface area contributed by atoms with E-state index in [0.717, 1.165) is 29.3 Å². The summed E-state index contributed by atoms with van der Waals surface area (Å²) in [5, 5.41) is 1.04. The molecule has 1 aromatic carbocycles. The molecule has 1 fully saturated rings. The number of nitrogens with zero attached hydrogens (tertiary/aromatic N) is 4. The van der Waals surface area contributed by atoms with Crippen molar-refractivity contribution in [1.82, 2.24) is 19.9 Å². The van der Waals surface area contributed by atoms with E-state index in [2.05, 4.69) is 15.0 Å². The van der Waals surface area contributed by atoms with E-state index in [4.69, 9.17) is 4.74 Å². The standard InChI is InChI=1S/C20H20N4O2/c1-14-12-21-20(22-13-14)26-16-8-10-24(11-9-16)19(25)18-7-6-15-4-2-3-5-17(15)23-18/h2-7,12-13,16H,8-11H2,1H3. The number of para-hydroxylation sites is 1. The van der Waals surface area contributed by atoms with Gasteiger partial charge in [-0.2, -0.15) is 0 Å². The van der Waals surface area contributed by atoms with Crippen LogP contribution in [0.25, 0.3) is 10.9 Å². The van der Waals surface area contributed by atoms with Crippen LogP contribution in [0.2, 0.25) is 0 Å². The molecule has 0 radical (unpaired) electrons. The summed E-state index contributed by atoms with van der Waals surface area (Å²) < 4.78 is 5.83. The normalized spacial score (nSPS) is 15.2. The molecule has 1 aliphatic heterocycles. The molecule has 2 aromatic heterocycles. The molecule has 3 aromatic rings. The Hall–Kier alpha value is -3.02. The fraction of sp³-hybridized carbons (Fsp3) is 0.300. The number of pyridine rings is 1. The topological polar surface area (TPSA) is 68.2 Å². The van der Waals surface area contributed by atoms with Gasteiger partial charge < -0.3 is 9.64 Å². The Morgan fingerprint density at radius 1 is 1.08 bits per heavy atom. The second-order valence-electron chi connectivity index (χ2n) is 6.54. The number of piperidine rings is 1. The van der Waals surface area contributed by atoms with Crippen molar-refractivity contribution in [3.8, 4) is 6.01 Å². The van der Waals surface area contributed by atoms with E-state index < -0.39 is 0 Å². The zero-order valence-corrected chi connectivity index (χ0v) is 14.6. The number of ether oxygens (including phenoxy) is 1. The SMILES string of the molecule is Cc1cnc(OC2CCN(C(=O)c3ccc4ccccc4n3)CC2)nc1. The van der Waals surface area contributed by atoms with Crippen LogP contribution >= 0.6 is 0 Å². The lowest BCUT2D eigenvalue weighted by Crippen LogP contribution is -2.42. The number of rotatable bonds is 3. The number of carbonyl (C=O) groups excluding carboxylic acids is 1. The van der Waals surface area contributed by atoms with Crippen LogP contribution < -0.4 is 4.74 Å². The van der Waals surface area contributed by atoms with E-state index in [1.54, 1.807) is 18.5 Å². The monoisotopic (exact) mass is 348 g/mol. The summed E-state index contributed by atoms with van der Waals surface area (Å²) in [5.74, 6) is -0.0270. The van der Waals surface area contributed by atoms with Crippen molar-refractivity contribution in [2.45, 2.75) is 25.9 Å². The predicted molar refractivity (Wildman–Crippen MR) is 98.1 cm³/mol. The zero-order valence-electron chi connectivity index (χ0n) is 14.6. The van der Waals surface area contributed by atoms with E-state index >= 15 is 0 Å². The fourth-order valence-electron chi connectivity index (χ4n) is 3.11. The highest BCUT2D eigenvalue weighted by Crippen LogP contribution is 2.19. The number of benzene rings is 1. The van der Waals surface area contributed by atoms with E-state index in [1.165, 1.54) is 0 Å². The Bertz CT molecular complexity index is 919. The lowest BCUT2D eigenvalue weighted by Gasteiger charge is -2.31. The lowest BCUT2D eigenvalue weighted by molar-refractivity contribution is 0.0573. The average molecular weight is 348 g/mol. The third-order valence-corrected chi connectivity index (χ3v) is 4.58. The van der Waals surface area contributed by atoms with Gasteiger partial charge in [0.15, 0.2) is 0 Å². The molecule has 0 saturated carbocycles. The van der Waals surface area contributed by atoms with Gasteiger partial charge in [-0.05, 0) is 24.6 Å². The molecule has 0 unspecified atom stereocenters. The van der Waals surface area contributed by atoms with Crippen LogP contribution in [0.4, 0.5) is 0 Å². The van der Waals surface area contributed by atoms with Gasteiger partial charge in [0.05, 0.1) is 5.52 Å². The molecule has 6 nitrogen and oxygen atoms in total. The Morgan fingerprint density at radius 2 is 1.81 bits per heavy atom. The minimum absolute atomic E-state index is 0.0270. The fourth-order valence-corrected chi connectivity index (χ4v) is 3.11. The largest absolute Gasteiger partial charge is 0.460 e. The highest BCUT2D eigenvalue weighted by molar-refractivity contribution is 5.94. The lowest BCUT2D eigenvalue weighted by atomic mass is 10.1. The summed E-state index contributed by atoms with van der Waals surface area (Å²) in [6, 6.07) is 12.0. The van der Waals surface area contributed by atoms with Crippen molar-refractivity contribution >= 4 is 16.8 Å². The molecule has 0 bridgehead atoms. The minimum Gasteiger partial charge on any atom is -0.460 e. The van der Waals surface area contributed by atoms with Crippen molar-refractivity contribution in [2.24, 2.45) is 0 Å². The molecule has 132 valence electrons. The first-order valence-electron chi connectivity index (χ1n) is 8.79. The van der Waals surface area contributed by atoms with Crippen LogP contribution in [0.1, 0.15) is 28.9 Å². The molecule has 1 amide bonds. The first-order chi connectivity index (χ1) is 12.7. The Labute approximate surface area is 151 Å². The maximum absolute atomic E-state index is 12.7. The van der Waals surface area contributed by atoms with Crippen molar-refractivity contribution in [3.05, 3.63) is 60.0 Å². The third-order valence-electron chi connectivity index (χ3n) is 4.58. The number of carbonyl (C=O) groups is 1. The van der Waals surface area contributed by atoms with Gasteiger partial charge in [0, 0.05) is 43.7 Å². The quantitative estimate of drug-likeness (QED) is 0.728. The van der Waals surface area contributed by atoms with Crippen LogP contribution in [-0.2, 0) is 0 Å². The summed E-state index contributed by atoms with van der Waals surface area (Å²) in [4.78, 5) is 27.4. The van der Waals surface area contributed by atoms with Gasteiger partial charge in [-0.25, -0.2) is 15.0 Å². The summed E-state index contributed by atoms with van der Waals surface area (Å²) in [7, 11) is 0. The van der Waals surface area contributed by atoms with Gasteiger partial charge >= 0.3 is 6.01 Å². The molecule has 1 saturated heterocycles. The van der Waals surface area contributed by atoms with Crippen LogP contribution in [0.15, 0.2) is 48.8 Å². The zero-order chi connectivity index (χ0) is 17.9. The molecule has 6 heteroatoms. The molecular weight excluding hydrogens is 328 g/mol. The van der Waals surface area contributed by atoms with Crippen LogP contribution in [0, 0.1) is 6.92 Å². The summed E-state index contributed by atoms with van der Waals surface area (Å²) in [5.41, 5.74) is 2.33. The predicted octanol–water partition coefficient (Wildman–Crippen LogP) is 3.02. The maximum Gasteiger partial charge on any atom is 0.316 e. The molecule has 26 heavy (non-hydrogen) atoms. The van der Waals surface area contributed by atoms with E-state index in [0.29, 0.717) is 24.8 Å². The van der Waals surface area contributed by atoms with Gasteiger partial charge in [0.2, 0.25) is 0 Å². The summed E-state index contributed by atoms with van der Waals surface area (Å²) in [6.45, 7) is 3.22. The number of hydrogen-bond donors (Lipinski definition) is 0. The van der Waals surface area contributed by atoms with Crippen molar-refractivity contribution in [2.75, 3.05) is 13.1 Å². The average Bonchev–Trinajstić information content (AvgIpc) is 2.69. The number of fused-ring (bicyclic) bond motifs is 1. The van der Waals surface area contributed by atoms with Gasteiger partial charge in [-0.1, -0.05) is 24.3 Å². The van der Waals surface area contributed by atoms with Crippen LogP contribution in [0.3, 0.4) is 0 Å². The van der Waals surface area contributed by atoms with Gasteiger partial charge in [0.1, 0.15) is 11.8 Å². The number of likely N-dealkylation sites (tertiary alicyclic amines) is 1. The number of amides is 1. The van der Waals surface area contributed by atoms with E-state index in [1.807, 2.05) is 42.2 Å². The molecule has 0 aliphatic carbocycles. The smallest absolute Gasteiger partial charge is 0.316 e. The molecule has 0 spiro atoms. The highest BCUT2D eigenvalue weighted by Gasteiger charge is 2.26. The molecular formula is C20H20N4O2. The molecule has 0 N–H and O–H groups in total. The molecule has 4 rings (SSSR count). The number of aromatic nitrogens is 3. The second-order valence-corrected chi connectivity index (χ2v) is 6.54. The van der Waals surface area contributed by atoms with Crippen LogP contribution in [0.5, 0.6) is 6.01 Å². The summed E-state index contributed by atoms with van der Waals surface area (Å²) in [6.07, 6.45) is 5.04. The van der Waals surface area contributed by atoms with E-state index in [-0.39, 0.29) is 12.0 Å². The Balaban J connectivity index is 1.38. The third kappa shape index (κ3) is 3.49. The van der Waals surface area contributed by atoms with Crippen LogP contribution in [-0.4, -0.2) is 45.0 Å². The second kappa shape index (κ2) is 7.07. The Kier molecular flexibility index (Phi) is 4.48. The molecule has 0 atom stereocenters. The van der Waals surface area contributed by atoms with Gasteiger partial charge in [0.25, 0.3) is 5.91 Å². The molecule has 3 heterocycles.